The Hall–Kier alpha value is -4.17. The zero-order valence-electron chi connectivity index (χ0n) is 17.5. The summed E-state index contributed by atoms with van der Waals surface area (Å²) in [5.41, 5.74) is 4.97. The molecule has 0 radical (unpaired) electrons. The van der Waals surface area contributed by atoms with Gasteiger partial charge in [0.1, 0.15) is 17.1 Å². The number of aromatic amines is 1. The van der Waals surface area contributed by atoms with Gasteiger partial charge in [-0.3, -0.25) is 0 Å². The molecule has 8 nitrogen and oxygen atoms in total. The van der Waals surface area contributed by atoms with Gasteiger partial charge in [-0.05, 0) is 31.2 Å². The summed E-state index contributed by atoms with van der Waals surface area (Å²) in [6, 6.07) is 17.1. The van der Waals surface area contributed by atoms with E-state index in [0.29, 0.717) is 28.6 Å². The van der Waals surface area contributed by atoms with Crippen molar-refractivity contribution in [3.8, 4) is 28.4 Å². The number of rotatable bonds is 6. The number of aryl methyl sites for hydroxylation is 1. The van der Waals surface area contributed by atoms with Crippen molar-refractivity contribution in [1.82, 2.24) is 20.1 Å². The molecule has 0 bridgehead atoms. The zero-order valence-corrected chi connectivity index (χ0v) is 17.5. The first-order chi connectivity index (χ1) is 15.7. The molecule has 5 rings (SSSR count). The van der Waals surface area contributed by atoms with Gasteiger partial charge in [-0.15, -0.1) is 0 Å². The Bertz CT molecular complexity index is 1380. The van der Waals surface area contributed by atoms with Crippen LogP contribution in [0.15, 0.2) is 71.5 Å². The van der Waals surface area contributed by atoms with E-state index in [-0.39, 0.29) is 0 Å². The molecular weight excluding hydrogens is 406 g/mol. The van der Waals surface area contributed by atoms with Crippen LogP contribution in [0.4, 0.5) is 5.69 Å². The smallest absolute Gasteiger partial charge is 0.237 e. The summed E-state index contributed by atoms with van der Waals surface area (Å²) in [6.45, 7) is 1.77. The number of pyridine rings is 2. The summed E-state index contributed by atoms with van der Waals surface area (Å²) >= 11 is 0. The van der Waals surface area contributed by atoms with Crippen LogP contribution >= 0.6 is 0 Å². The molecule has 32 heavy (non-hydrogen) atoms. The number of hydrogen-bond donors (Lipinski definition) is 3. The maximum absolute atomic E-state index is 11.0. The van der Waals surface area contributed by atoms with Crippen molar-refractivity contribution in [2.45, 2.75) is 13.2 Å². The number of anilines is 1. The van der Waals surface area contributed by atoms with Gasteiger partial charge in [-0.1, -0.05) is 35.5 Å². The molecule has 0 aliphatic heterocycles. The molecule has 8 heteroatoms. The molecule has 1 atom stereocenters. The lowest BCUT2D eigenvalue weighted by Crippen LogP contribution is -2.12. The van der Waals surface area contributed by atoms with Crippen LogP contribution in [0, 0.1) is 6.92 Å². The molecule has 0 saturated heterocycles. The molecule has 0 aliphatic carbocycles. The van der Waals surface area contributed by atoms with Gasteiger partial charge >= 0.3 is 0 Å². The van der Waals surface area contributed by atoms with Gasteiger partial charge in [-0.2, -0.15) is 0 Å². The van der Waals surface area contributed by atoms with Crippen molar-refractivity contribution in [2.75, 3.05) is 12.4 Å². The highest BCUT2D eigenvalue weighted by atomic mass is 16.5. The quantitative estimate of drug-likeness (QED) is 0.337. The molecule has 1 unspecified atom stereocenters. The number of H-pyrrole nitrogens is 1. The van der Waals surface area contributed by atoms with Gasteiger partial charge in [0.2, 0.25) is 5.88 Å². The molecule has 4 aromatic heterocycles. The number of ether oxygens (including phenoxy) is 1. The molecule has 0 spiro atoms. The number of fused-ring (bicyclic) bond motifs is 1. The Morgan fingerprint density at radius 2 is 1.94 bits per heavy atom. The van der Waals surface area contributed by atoms with Crippen LogP contribution in [0.1, 0.15) is 17.6 Å². The van der Waals surface area contributed by atoms with Crippen LogP contribution in [-0.4, -0.2) is 32.3 Å². The average Bonchev–Trinajstić information content (AvgIpc) is 3.43. The number of benzene rings is 1. The van der Waals surface area contributed by atoms with E-state index in [4.69, 9.17) is 9.26 Å². The van der Waals surface area contributed by atoms with Crippen LogP contribution in [-0.2, 0) is 0 Å². The molecular formula is C24H21N5O3. The topological polar surface area (TPSA) is 109 Å². The molecule has 0 aliphatic rings. The molecule has 0 fully saturated rings. The van der Waals surface area contributed by atoms with Crippen LogP contribution in [0.25, 0.3) is 33.5 Å². The van der Waals surface area contributed by atoms with Crippen LogP contribution < -0.4 is 10.1 Å². The molecule has 0 saturated carbocycles. The third kappa shape index (κ3) is 3.46. The van der Waals surface area contributed by atoms with E-state index in [9.17, 15) is 5.11 Å². The highest BCUT2D eigenvalue weighted by molar-refractivity contribution is 5.92. The Labute approximate surface area is 183 Å². The maximum Gasteiger partial charge on any atom is 0.237 e. The summed E-state index contributed by atoms with van der Waals surface area (Å²) < 4.78 is 10.9. The summed E-state index contributed by atoms with van der Waals surface area (Å²) in [4.78, 5) is 12.1. The largest absolute Gasteiger partial charge is 0.480 e. The first-order valence-electron chi connectivity index (χ1n) is 10.1. The number of aliphatic hydroxyl groups is 1. The fraction of sp³-hybridized carbons (Fsp3) is 0.125. The normalized spacial score (nSPS) is 12.1. The first kappa shape index (κ1) is 19.8. The van der Waals surface area contributed by atoms with Gasteiger partial charge in [0.15, 0.2) is 6.23 Å². The number of nitrogens with zero attached hydrogens (tertiary/aromatic N) is 3. The number of aliphatic hydroxyl groups excluding tert-OH is 1. The Morgan fingerprint density at radius 3 is 2.75 bits per heavy atom. The molecule has 5 aromatic rings. The lowest BCUT2D eigenvalue weighted by molar-refractivity contribution is 0.205. The number of methoxy groups -OCH3 is 1. The predicted molar refractivity (Wildman–Crippen MR) is 121 cm³/mol. The lowest BCUT2D eigenvalue weighted by Gasteiger charge is -2.17. The summed E-state index contributed by atoms with van der Waals surface area (Å²) in [6.07, 6.45) is 2.53. The van der Waals surface area contributed by atoms with E-state index in [0.717, 1.165) is 27.9 Å². The van der Waals surface area contributed by atoms with E-state index in [1.165, 1.54) is 0 Å². The van der Waals surface area contributed by atoms with Crippen molar-refractivity contribution < 1.29 is 14.4 Å². The predicted octanol–water partition coefficient (Wildman–Crippen LogP) is 4.70. The molecule has 1 aromatic carbocycles. The molecule has 4 heterocycles. The first-order valence-corrected chi connectivity index (χ1v) is 10.1. The van der Waals surface area contributed by atoms with Crippen molar-refractivity contribution >= 4 is 16.7 Å². The molecule has 3 N–H and O–H groups in total. The van der Waals surface area contributed by atoms with E-state index in [1.54, 1.807) is 20.2 Å². The van der Waals surface area contributed by atoms with Crippen molar-refractivity contribution in [1.29, 1.82) is 0 Å². The maximum atomic E-state index is 11.0. The molecule has 160 valence electrons. The van der Waals surface area contributed by atoms with E-state index >= 15 is 0 Å². The summed E-state index contributed by atoms with van der Waals surface area (Å²) in [5, 5.41) is 19.2. The number of aromatic nitrogens is 4. The fourth-order valence-electron chi connectivity index (χ4n) is 3.75. The van der Waals surface area contributed by atoms with Crippen LogP contribution in [0.3, 0.4) is 0 Å². The van der Waals surface area contributed by atoms with Crippen molar-refractivity contribution in [3.63, 3.8) is 0 Å². The van der Waals surface area contributed by atoms with Gasteiger partial charge in [0.05, 0.1) is 24.1 Å². The van der Waals surface area contributed by atoms with Crippen LogP contribution in [0.2, 0.25) is 0 Å². The fourth-order valence-corrected chi connectivity index (χ4v) is 3.75. The highest BCUT2D eigenvalue weighted by Gasteiger charge is 2.23. The minimum absolute atomic E-state index is 0.357. The Morgan fingerprint density at radius 1 is 1.09 bits per heavy atom. The lowest BCUT2D eigenvalue weighted by atomic mass is 10.0. The SMILES string of the molecule is COc1nc(-c2c[nH]c3ncccc23)ccc1NC(O)c1c(-c2ccccc2)noc1C. The highest BCUT2D eigenvalue weighted by Crippen LogP contribution is 2.35. The van der Waals surface area contributed by atoms with Gasteiger partial charge in [0, 0.05) is 28.9 Å². The van der Waals surface area contributed by atoms with E-state index < -0.39 is 6.23 Å². The summed E-state index contributed by atoms with van der Waals surface area (Å²) in [5.74, 6) is 0.883. The second-order valence-corrected chi connectivity index (χ2v) is 7.27. The van der Waals surface area contributed by atoms with Gasteiger partial charge in [-0.25, -0.2) is 9.97 Å². The van der Waals surface area contributed by atoms with Crippen molar-refractivity contribution in [3.05, 3.63) is 78.3 Å². The van der Waals surface area contributed by atoms with E-state index in [2.05, 4.69) is 25.4 Å². The standard InChI is InChI=1S/C24H21N5O3/c1-14-20(21(29-32-14)15-7-4-3-5-8-15)23(30)27-19-11-10-18(28-24(19)31-2)17-13-26-22-16(17)9-6-12-25-22/h3-13,23,27,30H,1-2H3,(H,25,26). The second-order valence-electron chi connectivity index (χ2n) is 7.27. The zero-order chi connectivity index (χ0) is 22.1. The monoisotopic (exact) mass is 427 g/mol. The van der Waals surface area contributed by atoms with Crippen LogP contribution in [0.5, 0.6) is 5.88 Å². The minimum atomic E-state index is -1.07. The average molecular weight is 427 g/mol. The number of hydrogen-bond acceptors (Lipinski definition) is 7. The number of nitrogens with one attached hydrogen (secondary N) is 2. The third-order valence-electron chi connectivity index (χ3n) is 5.30. The molecule has 0 amide bonds. The van der Waals surface area contributed by atoms with Gasteiger partial charge in [0.25, 0.3) is 0 Å². The summed E-state index contributed by atoms with van der Waals surface area (Å²) in [7, 11) is 1.54. The Kier molecular flexibility index (Phi) is 5.04. The minimum Gasteiger partial charge on any atom is -0.480 e. The van der Waals surface area contributed by atoms with E-state index in [1.807, 2.05) is 60.8 Å². The third-order valence-corrected chi connectivity index (χ3v) is 5.30. The Balaban J connectivity index is 1.47. The van der Waals surface area contributed by atoms with Crippen molar-refractivity contribution in [2.24, 2.45) is 0 Å². The van der Waals surface area contributed by atoms with Gasteiger partial charge < -0.3 is 24.7 Å². The second kappa shape index (κ2) is 8.16.